The molecule has 0 N–H and O–H groups in total. The van der Waals surface area contributed by atoms with Gasteiger partial charge in [0.1, 0.15) is 0 Å². The van der Waals surface area contributed by atoms with Gasteiger partial charge < -0.3 is 0 Å². The Morgan fingerprint density at radius 3 is 2.76 bits per heavy atom. The van der Waals surface area contributed by atoms with Gasteiger partial charge in [-0.3, -0.25) is 15.1 Å². The van der Waals surface area contributed by atoms with E-state index in [1.807, 2.05) is 0 Å². The second-order valence-electron chi connectivity index (χ2n) is 6.19. The molecule has 1 aromatic rings. The smallest absolute Gasteiger partial charge is 0.260 e. The molecule has 0 amide bonds. The average molecular weight is 311 g/mol. The largest absolute Gasteiger partial charge is 0.278 e. The van der Waals surface area contributed by atoms with Gasteiger partial charge in [-0.05, 0) is 51.4 Å². The number of aromatic nitrogens is 1. The lowest BCUT2D eigenvalue weighted by Crippen LogP contribution is -2.27. The normalized spacial score (nSPS) is 25.8. The summed E-state index contributed by atoms with van der Waals surface area (Å²) in [5.74, 6) is 1.10. The molecular weight excluding hydrogens is 288 g/mol. The van der Waals surface area contributed by atoms with E-state index in [0.717, 1.165) is 30.9 Å². The summed E-state index contributed by atoms with van der Waals surface area (Å²) in [7, 11) is 0. The van der Waals surface area contributed by atoms with Gasteiger partial charge in [0.25, 0.3) is 5.69 Å². The summed E-state index contributed by atoms with van der Waals surface area (Å²) in [5.41, 5.74) is 2.36. The van der Waals surface area contributed by atoms with Crippen LogP contribution in [-0.4, -0.2) is 15.3 Å². The summed E-state index contributed by atoms with van der Waals surface area (Å²) in [6, 6.07) is 0. The van der Waals surface area contributed by atoms with Crippen LogP contribution >= 0.6 is 11.6 Å². The first-order valence-electron chi connectivity index (χ1n) is 7.67. The maximum Gasteiger partial charge on any atom is 0.278 e. The molecule has 0 saturated heterocycles. The van der Waals surface area contributed by atoms with Gasteiger partial charge in [-0.15, -0.1) is 11.6 Å². The van der Waals surface area contributed by atoms with Crippen LogP contribution in [0.4, 0.5) is 5.69 Å². The van der Waals surface area contributed by atoms with E-state index >= 15 is 0 Å². The van der Waals surface area contributed by atoms with E-state index in [-0.39, 0.29) is 16.0 Å². The Hall–Kier alpha value is -1.16. The van der Waals surface area contributed by atoms with Crippen LogP contribution in [0.2, 0.25) is 0 Å². The number of nitrogens with zero attached hydrogens (tertiary/aromatic N) is 2. The zero-order valence-corrected chi connectivity index (χ0v) is 13.7. The van der Waals surface area contributed by atoms with Crippen molar-refractivity contribution in [3.63, 3.8) is 0 Å². The van der Waals surface area contributed by atoms with E-state index < -0.39 is 0 Å². The number of hydrogen-bond acceptors (Lipinski definition) is 3. The Labute approximate surface area is 131 Å². The molecule has 1 aliphatic rings. The number of alkyl halides is 1. The van der Waals surface area contributed by atoms with Crippen molar-refractivity contribution in [1.82, 2.24) is 4.98 Å². The van der Waals surface area contributed by atoms with Crippen molar-refractivity contribution < 1.29 is 4.92 Å². The van der Waals surface area contributed by atoms with Crippen LogP contribution in [0.25, 0.3) is 0 Å². The Morgan fingerprint density at radius 2 is 2.14 bits per heavy atom. The first-order valence-corrected chi connectivity index (χ1v) is 8.11. The minimum atomic E-state index is -0.302. The Morgan fingerprint density at radius 1 is 1.43 bits per heavy atom. The van der Waals surface area contributed by atoms with Crippen LogP contribution in [0.3, 0.4) is 0 Å². The monoisotopic (exact) mass is 310 g/mol. The van der Waals surface area contributed by atoms with Gasteiger partial charge in [-0.1, -0.05) is 13.3 Å². The Balaban J connectivity index is 2.23. The third-order valence-electron chi connectivity index (χ3n) is 4.79. The SMILES string of the molecule is CCC1CCC(Cl)C(Cc2ncc(C)c([N+](=O)[O-])c2C)C1. The standard InChI is InChI=1S/C16H23ClN2O2/c1-4-12-5-6-14(17)13(7-12)8-15-11(3)16(19(20)21)10(2)9-18-15/h9,12-14H,4-8H2,1-3H3. The van der Waals surface area contributed by atoms with E-state index in [4.69, 9.17) is 11.6 Å². The lowest BCUT2D eigenvalue weighted by atomic mass is 9.77. The second-order valence-corrected chi connectivity index (χ2v) is 6.75. The number of pyridine rings is 1. The molecular formula is C16H23ClN2O2. The van der Waals surface area contributed by atoms with Gasteiger partial charge in [0.2, 0.25) is 0 Å². The van der Waals surface area contributed by atoms with Gasteiger partial charge in [-0.2, -0.15) is 0 Å². The highest BCUT2D eigenvalue weighted by atomic mass is 35.5. The predicted molar refractivity (Wildman–Crippen MR) is 84.8 cm³/mol. The van der Waals surface area contributed by atoms with Crippen molar-refractivity contribution >= 4 is 17.3 Å². The fourth-order valence-corrected chi connectivity index (χ4v) is 3.72. The lowest BCUT2D eigenvalue weighted by molar-refractivity contribution is -0.386. The molecule has 5 heteroatoms. The van der Waals surface area contributed by atoms with Crippen molar-refractivity contribution in [3.8, 4) is 0 Å². The molecule has 0 bridgehead atoms. The van der Waals surface area contributed by atoms with Gasteiger partial charge in [-0.25, -0.2) is 0 Å². The van der Waals surface area contributed by atoms with Crippen LogP contribution in [-0.2, 0) is 6.42 Å². The number of hydrogen-bond donors (Lipinski definition) is 0. The second kappa shape index (κ2) is 6.73. The van der Waals surface area contributed by atoms with Crippen molar-refractivity contribution in [1.29, 1.82) is 0 Å². The molecule has 3 atom stereocenters. The van der Waals surface area contributed by atoms with E-state index in [0.29, 0.717) is 17.0 Å². The quantitative estimate of drug-likeness (QED) is 0.464. The Kier molecular flexibility index (Phi) is 5.20. The van der Waals surface area contributed by atoms with Crippen molar-refractivity contribution in [3.05, 3.63) is 33.1 Å². The summed E-state index contributed by atoms with van der Waals surface area (Å²) >= 11 is 6.48. The number of rotatable bonds is 4. The zero-order chi connectivity index (χ0) is 15.6. The highest BCUT2D eigenvalue weighted by Crippen LogP contribution is 2.37. The van der Waals surface area contributed by atoms with Crippen LogP contribution in [0.5, 0.6) is 0 Å². The number of nitro groups is 1. The van der Waals surface area contributed by atoms with Gasteiger partial charge in [0, 0.05) is 22.7 Å². The third-order valence-corrected chi connectivity index (χ3v) is 5.36. The molecule has 21 heavy (non-hydrogen) atoms. The topological polar surface area (TPSA) is 56.0 Å². The minimum absolute atomic E-state index is 0.161. The van der Waals surface area contributed by atoms with Crippen molar-refractivity contribution in [2.45, 2.75) is 58.3 Å². The fraction of sp³-hybridized carbons (Fsp3) is 0.688. The van der Waals surface area contributed by atoms with E-state index in [1.165, 1.54) is 12.8 Å². The molecule has 0 radical (unpaired) electrons. The first kappa shape index (κ1) is 16.2. The molecule has 3 unspecified atom stereocenters. The Bertz CT molecular complexity index is 533. The summed E-state index contributed by atoms with van der Waals surface area (Å²) < 4.78 is 0. The molecule has 2 rings (SSSR count). The molecule has 0 aromatic carbocycles. The molecule has 0 spiro atoms. The summed E-state index contributed by atoms with van der Waals surface area (Å²) in [4.78, 5) is 15.3. The molecule has 116 valence electrons. The first-order chi connectivity index (χ1) is 9.93. The molecule has 1 fully saturated rings. The maximum atomic E-state index is 11.2. The van der Waals surface area contributed by atoms with Crippen LogP contribution in [0, 0.1) is 35.8 Å². The van der Waals surface area contributed by atoms with Crippen LogP contribution in [0.1, 0.15) is 49.4 Å². The van der Waals surface area contributed by atoms with Crippen LogP contribution in [0.15, 0.2) is 6.20 Å². The predicted octanol–water partition coefficient (Wildman–Crippen LogP) is 4.58. The van der Waals surface area contributed by atoms with E-state index in [9.17, 15) is 10.1 Å². The van der Waals surface area contributed by atoms with Crippen molar-refractivity contribution in [2.75, 3.05) is 0 Å². The zero-order valence-electron chi connectivity index (χ0n) is 12.9. The molecule has 4 nitrogen and oxygen atoms in total. The van der Waals surface area contributed by atoms with E-state index in [1.54, 1.807) is 20.0 Å². The van der Waals surface area contributed by atoms with Gasteiger partial charge in [0.15, 0.2) is 0 Å². The average Bonchev–Trinajstić information content (AvgIpc) is 2.43. The summed E-state index contributed by atoms with van der Waals surface area (Å²) in [6.45, 7) is 5.76. The van der Waals surface area contributed by atoms with Crippen molar-refractivity contribution in [2.24, 2.45) is 11.8 Å². The van der Waals surface area contributed by atoms with Gasteiger partial charge in [0.05, 0.1) is 10.6 Å². The number of halogens is 1. The summed E-state index contributed by atoms with van der Waals surface area (Å²) in [5, 5.41) is 11.4. The fourth-order valence-electron chi connectivity index (χ4n) is 3.41. The molecule has 1 saturated carbocycles. The number of aryl methyl sites for hydroxylation is 1. The maximum absolute atomic E-state index is 11.2. The molecule has 1 aromatic heterocycles. The highest BCUT2D eigenvalue weighted by Gasteiger charge is 2.30. The lowest BCUT2D eigenvalue weighted by Gasteiger charge is -2.32. The van der Waals surface area contributed by atoms with Gasteiger partial charge >= 0.3 is 0 Å². The van der Waals surface area contributed by atoms with E-state index in [2.05, 4.69) is 11.9 Å². The third kappa shape index (κ3) is 3.54. The highest BCUT2D eigenvalue weighted by molar-refractivity contribution is 6.20. The minimum Gasteiger partial charge on any atom is -0.260 e. The molecule has 0 aliphatic heterocycles. The van der Waals surface area contributed by atoms with Crippen LogP contribution < -0.4 is 0 Å². The molecule has 1 heterocycles. The summed E-state index contributed by atoms with van der Waals surface area (Å²) in [6.07, 6.45) is 6.88. The molecule has 1 aliphatic carbocycles.